The number of hydrogen-bond acceptors (Lipinski definition) is 2. The van der Waals surface area contributed by atoms with Crippen molar-refractivity contribution in [3.05, 3.63) is 20.2 Å². The minimum atomic E-state index is -0.360. The second-order valence-electron chi connectivity index (χ2n) is 2.70. The first-order valence-electron chi connectivity index (χ1n) is 3.89. The number of nitrogens with zero attached hydrogens (tertiary/aromatic N) is 1. The molecule has 1 rings (SSSR count). The van der Waals surface area contributed by atoms with Gasteiger partial charge in [-0.2, -0.15) is 0 Å². The minimum absolute atomic E-state index is 0.0263. The molecule has 0 bridgehead atoms. The maximum atomic E-state index is 11.8. The summed E-state index contributed by atoms with van der Waals surface area (Å²) < 4.78 is 13.5. The lowest BCUT2D eigenvalue weighted by molar-refractivity contribution is 0.443. The van der Waals surface area contributed by atoms with Gasteiger partial charge in [0.25, 0.3) is 0 Å². The summed E-state index contributed by atoms with van der Waals surface area (Å²) in [5.74, 6) is 0. The minimum Gasteiger partial charge on any atom is -0.303 e. The molecule has 0 unspecified atom stereocenters. The normalized spacial score (nSPS) is 10.6. The summed E-state index contributed by atoms with van der Waals surface area (Å²) in [5.41, 5.74) is 0.971. The fourth-order valence-corrected chi connectivity index (χ4v) is 1.92. The highest BCUT2D eigenvalue weighted by molar-refractivity contribution is 7.09. The highest BCUT2D eigenvalue weighted by Gasteiger charge is 2.05. The molecule has 12 heavy (non-hydrogen) atoms. The van der Waals surface area contributed by atoms with Gasteiger partial charge < -0.3 is 4.57 Å². The molecule has 0 atom stereocenters. The van der Waals surface area contributed by atoms with Crippen LogP contribution in [-0.2, 0) is 6.54 Å². The van der Waals surface area contributed by atoms with Gasteiger partial charge in [-0.1, -0.05) is 11.3 Å². The molecule has 0 saturated heterocycles. The Labute approximate surface area is 74.7 Å². The van der Waals surface area contributed by atoms with Gasteiger partial charge in [0, 0.05) is 17.1 Å². The number of alkyl halides is 1. The molecule has 0 N–H and O–H groups in total. The molecule has 0 aliphatic carbocycles. The van der Waals surface area contributed by atoms with E-state index in [2.05, 4.69) is 0 Å². The molecule has 0 spiro atoms. The number of halogens is 1. The van der Waals surface area contributed by atoms with Crippen molar-refractivity contribution in [3.8, 4) is 0 Å². The van der Waals surface area contributed by atoms with Crippen molar-refractivity contribution in [2.75, 3.05) is 6.67 Å². The molecular weight excluding hydrogens is 177 g/mol. The Bertz CT molecular complexity index is 315. The van der Waals surface area contributed by atoms with Gasteiger partial charge in [-0.3, -0.25) is 9.18 Å². The van der Waals surface area contributed by atoms with Gasteiger partial charge in [-0.05, 0) is 20.3 Å². The summed E-state index contributed by atoms with van der Waals surface area (Å²) in [6.45, 7) is 3.95. The first kappa shape index (κ1) is 9.45. The van der Waals surface area contributed by atoms with Crippen LogP contribution in [0.2, 0.25) is 0 Å². The third kappa shape index (κ3) is 1.75. The molecule has 0 amide bonds. The van der Waals surface area contributed by atoms with Gasteiger partial charge in [0.05, 0.1) is 6.67 Å². The molecule has 0 aliphatic rings. The van der Waals surface area contributed by atoms with Crippen LogP contribution in [0.3, 0.4) is 0 Å². The van der Waals surface area contributed by atoms with E-state index < -0.39 is 0 Å². The van der Waals surface area contributed by atoms with Crippen LogP contribution in [-0.4, -0.2) is 11.2 Å². The fourth-order valence-electron chi connectivity index (χ4n) is 1.06. The van der Waals surface area contributed by atoms with Crippen molar-refractivity contribution in [2.24, 2.45) is 0 Å². The van der Waals surface area contributed by atoms with Crippen molar-refractivity contribution in [1.29, 1.82) is 0 Å². The predicted octanol–water partition coefficient (Wildman–Crippen LogP) is 1.89. The monoisotopic (exact) mass is 189 g/mol. The first-order valence-corrected chi connectivity index (χ1v) is 4.71. The maximum Gasteiger partial charge on any atom is 0.307 e. The predicted molar refractivity (Wildman–Crippen MR) is 48.6 cm³/mol. The molecule has 1 aromatic rings. The number of rotatable bonds is 3. The van der Waals surface area contributed by atoms with Crippen molar-refractivity contribution in [1.82, 2.24) is 4.57 Å². The number of aromatic nitrogens is 1. The van der Waals surface area contributed by atoms with E-state index in [0.29, 0.717) is 13.0 Å². The van der Waals surface area contributed by atoms with E-state index in [1.54, 1.807) is 4.57 Å². The number of thiazole rings is 1. The molecule has 1 heterocycles. The Hall–Kier alpha value is -0.640. The lowest BCUT2D eigenvalue weighted by atomic mass is 10.4. The van der Waals surface area contributed by atoms with Crippen molar-refractivity contribution >= 4 is 11.3 Å². The van der Waals surface area contributed by atoms with Gasteiger partial charge >= 0.3 is 4.87 Å². The quantitative estimate of drug-likeness (QED) is 0.711. The molecule has 0 aliphatic heterocycles. The highest BCUT2D eigenvalue weighted by Crippen LogP contribution is 2.09. The van der Waals surface area contributed by atoms with Crippen molar-refractivity contribution < 1.29 is 4.39 Å². The zero-order valence-electron chi connectivity index (χ0n) is 7.26. The van der Waals surface area contributed by atoms with Gasteiger partial charge in [0.2, 0.25) is 0 Å². The van der Waals surface area contributed by atoms with E-state index >= 15 is 0 Å². The van der Waals surface area contributed by atoms with E-state index in [9.17, 15) is 9.18 Å². The van der Waals surface area contributed by atoms with Crippen LogP contribution in [0.4, 0.5) is 4.39 Å². The average Bonchev–Trinajstić information content (AvgIpc) is 2.25. The smallest absolute Gasteiger partial charge is 0.303 e. The van der Waals surface area contributed by atoms with E-state index in [4.69, 9.17) is 0 Å². The SMILES string of the molecule is Cc1sc(=O)n(CCCF)c1C. The summed E-state index contributed by atoms with van der Waals surface area (Å²) in [6, 6.07) is 0. The van der Waals surface area contributed by atoms with Crippen LogP contribution >= 0.6 is 11.3 Å². The summed E-state index contributed by atoms with van der Waals surface area (Å²) in [6.07, 6.45) is 0.428. The Balaban J connectivity index is 2.90. The molecular formula is C8H12FNOS. The number of aryl methyl sites for hydroxylation is 1. The zero-order valence-corrected chi connectivity index (χ0v) is 8.08. The van der Waals surface area contributed by atoms with Crippen molar-refractivity contribution in [3.63, 3.8) is 0 Å². The Kier molecular flexibility index (Phi) is 3.03. The van der Waals surface area contributed by atoms with Crippen LogP contribution in [0.1, 0.15) is 17.0 Å². The Morgan fingerprint density at radius 2 is 2.17 bits per heavy atom. The second kappa shape index (κ2) is 3.85. The molecule has 1 aromatic heterocycles. The van der Waals surface area contributed by atoms with Crippen LogP contribution in [0.15, 0.2) is 4.79 Å². The molecule has 0 radical (unpaired) electrons. The highest BCUT2D eigenvalue weighted by atomic mass is 32.1. The maximum absolute atomic E-state index is 11.8. The summed E-state index contributed by atoms with van der Waals surface area (Å²) in [4.78, 5) is 12.3. The second-order valence-corrected chi connectivity index (χ2v) is 3.87. The number of hydrogen-bond donors (Lipinski definition) is 0. The molecule has 0 aromatic carbocycles. The lowest BCUT2D eigenvalue weighted by Crippen LogP contribution is -2.14. The third-order valence-electron chi connectivity index (χ3n) is 1.89. The van der Waals surface area contributed by atoms with Crippen LogP contribution < -0.4 is 4.87 Å². The van der Waals surface area contributed by atoms with Crippen molar-refractivity contribution in [2.45, 2.75) is 26.8 Å². The average molecular weight is 189 g/mol. The summed E-state index contributed by atoms with van der Waals surface area (Å²) in [7, 11) is 0. The standard InChI is InChI=1S/C8H12FNOS/c1-6-7(2)12-8(11)10(6)5-3-4-9/h3-5H2,1-2H3. The molecule has 68 valence electrons. The molecule has 2 nitrogen and oxygen atoms in total. The Morgan fingerprint density at radius 3 is 2.58 bits per heavy atom. The molecule has 4 heteroatoms. The van der Waals surface area contributed by atoms with Gasteiger partial charge in [0.1, 0.15) is 0 Å². The zero-order chi connectivity index (χ0) is 9.14. The first-order chi connectivity index (χ1) is 5.66. The van der Waals surface area contributed by atoms with Crippen LogP contribution in [0, 0.1) is 13.8 Å². The van der Waals surface area contributed by atoms with Crippen LogP contribution in [0.5, 0.6) is 0 Å². The van der Waals surface area contributed by atoms with Gasteiger partial charge in [0.15, 0.2) is 0 Å². The van der Waals surface area contributed by atoms with Gasteiger partial charge in [-0.15, -0.1) is 0 Å². The third-order valence-corrected chi connectivity index (χ3v) is 2.89. The van der Waals surface area contributed by atoms with Crippen LogP contribution in [0.25, 0.3) is 0 Å². The molecule has 0 fully saturated rings. The summed E-state index contributed by atoms with van der Waals surface area (Å²) >= 11 is 1.23. The summed E-state index contributed by atoms with van der Waals surface area (Å²) in [5, 5.41) is 0. The Morgan fingerprint density at radius 1 is 1.50 bits per heavy atom. The topological polar surface area (TPSA) is 22.0 Å². The van der Waals surface area contributed by atoms with Gasteiger partial charge in [-0.25, -0.2) is 0 Å². The molecule has 0 saturated carbocycles. The van der Waals surface area contributed by atoms with E-state index in [1.165, 1.54) is 11.3 Å². The van der Waals surface area contributed by atoms with E-state index in [1.807, 2.05) is 13.8 Å². The largest absolute Gasteiger partial charge is 0.307 e. The van der Waals surface area contributed by atoms with E-state index in [-0.39, 0.29) is 11.5 Å². The van der Waals surface area contributed by atoms with E-state index in [0.717, 1.165) is 10.6 Å². The fraction of sp³-hybridized carbons (Fsp3) is 0.625. The lowest BCUT2D eigenvalue weighted by Gasteiger charge is -2.01.